The van der Waals surface area contributed by atoms with Crippen LogP contribution in [-0.2, 0) is 27.4 Å². The number of ether oxygens (including phenoxy) is 2. The zero-order valence-electron chi connectivity index (χ0n) is 25.9. The number of amides is 2. The van der Waals surface area contributed by atoms with Gasteiger partial charge in [0.05, 0.1) is 31.6 Å². The van der Waals surface area contributed by atoms with Crippen molar-refractivity contribution in [3.63, 3.8) is 0 Å². The van der Waals surface area contributed by atoms with Gasteiger partial charge in [-0.05, 0) is 67.7 Å². The molecule has 3 aromatic carbocycles. The standard InChI is InChI=1S/C36H40ClN3O5/c1-36(2,38)16-8-13-33(41)39-31(23-44-22-24-9-5-4-6-10-24)35(42)40-17-14-26-19-30(37)32(43-3)20-28(26)29(21-40)27-12-7-11-25-15-18-45-34(25)27/h4-13,15,18-20,29,31H,14,16-17,21-23,38H2,1-3H3,(H,39,41)/t29-,31?/m0/s1. The number of carbonyl (C=O) groups is 2. The van der Waals surface area contributed by atoms with E-state index in [0.29, 0.717) is 43.3 Å². The Morgan fingerprint density at radius 3 is 2.69 bits per heavy atom. The molecule has 1 aliphatic rings. The number of methoxy groups -OCH3 is 1. The molecular weight excluding hydrogens is 590 g/mol. The van der Waals surface area contributed by atoms with Crippen LogP contribution in [0, 0.1) is 0 Å². The number of fused-ring (bicyclic) bond motifs is 2. The van der Waals surface area contributed by atoms with Crippen molar-refractivity contribution >= 4 is 34.4 Å². The lowest BCUT2D eigenvalue weighted by Crippen LogP contribution is -2.51. The maximum absolute atomic E-state index is 14.3. The molecule has 0 radical (unpaired) electrons. The molecule has 2 amide bonds. The zero-order valence-corrected chi connectivity index (χ0v) is 26.7. The number of carbonyl (C=O) groups excluding carboxylic acids is 2. The molecule has 2 heterocycles. The lowest BCUT2D eigenvalue weighted by atomic mass is 9.87. The fourth-order valence-corrected chi connectivity index (χ4v) is 5.95. The SMILES string of the molecule is COc1cc2c(cc1Cl)CCN(C(=O)C(COCc1ccccc1)NC(=O)C=CCC(C)(C)N)C[C@H]2c1cccc2ccoc12. The minimum Gasteiger partial charge on any atom is -0.495 e. The normalized spacial score (nSPS) is 15.9. The maximum atomic E-state index is 14.3. The summed E-state index contributed by atoms with van der Waals surface area (Å²) in [5, 5.41) is 4.38. The summed E-state index contributed by atoms with van der Waals surface area (Å²) in [5.74, 6) is -0.279. The van der Waals surface area contributed by atoms with E-state index in [1.807, 2.05) is 80.6 Å². The lowest BCUT2D eigenvalue weighted by Gasteiger charge is -2.29. The van der Waals surface area contributed by atoms with E-state index in [4.69, 9.17) is 31.2 Å². The number of nitrogens with zero attached hydrogens (tertiary/aromatic N) is 1. The molecule has 1 aliphatic heterocycles. The highest BCUT2D eigenvalue weighted by Gasteiger charge is 2.33. The Bertz CT molecular complexity index is 1660. The summed E-state index contributed by atoms with van der Waals surface area (Å²) in [6, 6.07) is 20.6. The summed E-state index contributed by atoms with van der Waals surface area (Å²) in [6.07, 6.45) is 5.92. The number of furan rings is 1. The maximum Gasteiger partial charge on any atom is 0.247 e. The van der Waals surface area contributed by atoms with Crippen molar-refractivity contribution in [3.05, 3.63) is 112 Å². The second-order valence-electron chi connectivity index (χ2n) is 12.1. The van der Waals surface area contributed by atoms with Crippen LogP contribution >= 0.6 is 11.6 Å². The Labute approximate surface area is 269 Å². The molecule has 0 saturated heterocycles. The first-order valence-corrected chi connectivity index (χ1v) is 15.5. The van der Waals surface area contributed by atoms with Gasteiger partial charge in [0.2, 0.25) is 11.8 Å². The van der Waals surface area contributed by atoms with Crippen LogP contribution in [0.25, 0.3) is 11.0 Å². The quantitative estimate of drug-likeness (QED) is 0.197. The zero-order chi connectivity index (χ0) is 32.0. The van der Waals surface area contributed by atoms with Gasteiger partial charge in [0, 0.05) is 35.5 Å². The second kappa shape index (κ2) is 14.3. The molecule has 8 nitrogen and oxygen atoms in total. The monoisotopic (exact) mass is 629 g/mol. The molecule has 1 aromatic heterocycles. The van der Waals surface area contributed by atoms with Gasteiger partial charge in [-0.25, -0.2) is 0 Å². The van der Waals surface area contributed by atoms with Gasteiger partial charge in [-0.1, -0.05) is 66.2 Å². The molecule has 4 aromatic rings. The van der Waals surface area contributed by atoms with Crippen LogP contribution in [0.5, 0.6) is 5.75 Å². The molecule has 9 heteroatoms. The van der Waals surface area contributed by atoms with Gasteiger partial charge in [0.15, 0.2) is 0 Å². The third kappa shape index (κ3) is 8.14. The predicted octanol–water partition coefficient (Wildman–Crippen LogP) is 6.00. The number of nitrogens with two attached hydrogens (primary N) is 1. The number of hydrogen-bond acceptors (Lipinski definition) is 6. The van der Waals surface area contributed by atoms with Crippen LogP contribution < -0.4 is 15.8 Å². The van der Waals surface area contributed by atoms with Crippen LogP contribution in [0.1, 0.15) is 48.4 Å². The van der Waals surface area contributed by atoms with Crippen LogP contribution in [-0.4, -0.2) is 55.1 Å². The van der Waals surface area contributed by atoms with E-state index in [0.717, 1.165) is 33.2 Å². The van der Waals surface area contributed by atoms with Crippen LogP contribution in [0.2, 0.25) is 5.02 Å². The van der Waals surface area contributed by atoms with Crippen LogP contribution in [0.3, 0.4) is 0 Å². The molecule has 5 rings (SSSR count). The summed E-state index contributed by atoms with van der Waals surface area (Å²) in [6.45, 7) is 4.89. The summed E-state index contributed by atoms with van der Waals surface area (Å²) in [5.41, 5.74) is 10.4. The first-order valence-electron chi connectivity index (χ1n) is 15.1. The van der Waals surface area contributed by atoms with Gasteiger partial charge in [-0.2, -0.15) is 0 Å². The molecule has 1 unspecified atom stereocenters. The molecule has 45 heavy (non-hydrogen) atoms. The van der Waals surface area contributed by atoms with Gasteiger partial charge in [0.1, 0.15) is 17.4 Å². The third-order valence-electron chi connectivity index (χ3n) is 7.96. The molecule has 236 valence electrons. The number of para-hydroxylation sites is 1. The average Bonchev–Trinajstić information content (AvgIpc) is 3.42. The molecule has 0 fully saturated rings. The van der Waals surface area contributed by atoms with Crippen LogP contribution in [0.4, 0.5) is 0 Å². The van der Waals surface area contributed by atoms with Gasteiger partial charge in [-0.3, -0.25) is 9.59 Å². The van der Waals surface area contributed by atoms with Crippen molar-refractivity contribution in [2.75, 3.05) is 26.8 Å². The van der Waals surface area contributed by atoms with E-state index in [-0.39, 0.29) is 24.3 Å². The Hall–Kier alpha value is -4.11. The smallest absolute Gasteiger partial charge is 0.247 e. The average molecular weight is 630 g/mol. The first kappa shape index (κ1) is 32.3. The molecule has 0 spiro atoms. The largest absolute Gasteiger partial charge is 0.495 e. The number of nitrogens with one attached hydrogen (secondary N) is 1. The van der Waals surface area contributed by atoms with Crippen molar-refractivity contribution in [1.29, 1.82) is 0 Å². The minimum atomic E-state index is -0.906. The van der Waals surface area contributed by atoms with Gasteiger partial charge >= 0.3 is 0 Å². The van der Waals surface area contributed by atoms with E-state index < -0.39 is 11.6 Å². The van der Waals surface area contributed by atoms with Crippen LogP contribution in [0.15, 0.2) is 89.6 Å². The Morgan fingerprint density at radius 2 is 1.93 bits per heavy atom. The topological polar surface area (TPSA) is 107 Å². The Morgan fingerprint density at radius 1 is 1.13 bits per heavy atom. The Kier molecular flexibility index (Phi) is 10.3. The van der Waals surface area contributed by atoms with Gasteiger partial charge < -0.3 is 29.8 Å². The summed E-state index contributed by atoms with van der Waals surface area (Å²) < 4.78 is 17.5. The van der Waals surface area contributed by atoms with Crippen molar-refractivity contribution in [1.82, 2.24) is 10.2 Å². The van der Waals surface area contributed by atoms with E-state index >= 15 is 0 Å². The number of rotatable bonds is 11. The molecule has 0 aliphatic carbocycles. The van der Waals surface area contributed by atoms with Crippen molar-refractivity contribution in [2.24, 2.45) is 5.73 Å². The summed E-state index contributed by atoms with van der Waals surface area (Å²) in [7, 11) is 1.59. The fourth-order valence-electron chi connectivity index (χ4n) is 5.68. The third-order valence-corrected chi connectivity index (χ3v) is 8.26. The Balaban J connectivity index is 1.44. The number of hydrogen-bond donors (Lipinski definition) is 2. The van der Waals surface area contributed by atoms with E-state index in [2.05, 4.69) is 5.32 Å². The van der Waals surface area contributed by atoms with Gasteiger partial charge in [0.25, 0.3) is 0 Å². The lowest BCUT2D eigenvalue weighted by molar-refractivity contribution is -0.137. The molecule has 2 atom stereocenters. The van der Waals surface area contributed by atoms with Crippen molar-refractivity contribution < 1.29 is 23.5 Å². The minimum absolute atomic E-state index is 0.0111. The van der Waals surface area contributed by atoms with Crippen molar-refractivity contribution in [2.45, 2.75) is 50.8 Å². The van der Waals surface area contributed by atoms with E-state index in [1.165, 1.54) is 6.08 Å². The first-order chi connectivity index (χ1) is 21.6. The highest BCUT2D eigenvalue weighted by Crippen LogP contribution is 2.40. The number of benzene rings is 3. The molecule has 0 bridgehead atoms. The molecular formula is C36H40ClN3O5. The molecule has 0 saturated carbocycles. The molecule has 3 N–H and O–H groups in total. The van der Waals surface area contributed by atoms with Crippen molar-refractivity contribution in [3.8, 4) is 5.75 Å². The second-order valence-corrected chi connectivity index (χ2v) is 12.5. The van der Waals surface area contributed by atoms with E-state index in [9.17, 15) is 9.59 Å². The number of halogens is 1. The highest BCUT2D eigenvalue weighted by molar-refractivity contribution is 6.32. The summed E-state index contributed by atoms with van der Waals surface area (Å²) >= 11 is 6.57. The highest BCUT2D eigenvalue weighted by atomic mass is 35.5. The fraction of sp³-hybridized carbons (Fsp3) is 0.333. The summed E-state index contributed by atoms with van der Waals surface area (Å²) in [4.78, 5) is 29.1. The van der Waals surface area contributed by atoms with Gasteiger partial charge in [-0.15, -0.1) is 0 Å². The van der Waals surface area contributed by atoms with E-state index in [1.54, 1.807) is 24.3 Å². The predicted molar refractivity (Wildman–Crippen MR) is 176 cm³/mol.